The van der Waals surface area contributed by atoms with Crippen LogP contribution in [0.25, 0.3) is 10.9 Å². The lowest BCUT2D eigenvalue weighted by Gasteiger charge is -2.16. The van der Waals surface area contributed by atoms with E-state index in [1.807, 2.05) is 13.0 Å². The van der Waals surface area contributed by atoms with Gasteiger partial charge in [0, 0.05) is 28.8 Å². The van der Waals surface area contributed by atoms with E-state index in [1.165, 1.54) is 47.8 Å². The summed E-state index contributed by atoms with van der Waals surface area (Å²) in [6, 6.07) is 6.29. The summed E-state index contributed by atoms with van der Waals surface area (Å²) in [6.07, 6.45) is 8.21. The highest BCUT2D eigenvalue weighted by Gasteiger charge is 2.19. The molecule has 1 amide bonds. The number of rotatable bonds is 6. The van der Waals surface area contributed by atoms with Gasteiger partial charge in [0.1, 0.15) is 0 Å². The molecule has 5 nitrogen and oxygen atoms in total. The summed E-state index contributed by atoms with van der Waals surface area (Å²) >= 11 is 0. The smallest absolute Gasteiger partial charge is 0.411 e. The van der Waals surface area contributed by atoms with Crippen molar-refractivity contribution < 1.29 is 9.53 Å². The summed E-state index contributed by atoms with van der Waals surface area (Å²) in [6.45, 7) is 4.34. The van der Waals surface area contributed by atoms with Crippen LogP contribution in [0.2, 0.25) is 0 Å². The number of hydrogen-bond donors (Lipinski definition) is 1. The first kappa shape index (κ1) is 22.6. The van der Waals surface area contributed by atoms with E-state index in [-0.39, 0.29) is 18.5 Å². The Morgan fingerprint density at radius 2 is 1.93 bits per heavy atom. The quantitative estimate of drug-likeness (QED) is 0.711. The minimum absolute atomic E-state index is 0. The molecule has 1 N–H and O–H groups in total. The Labute approximate surface area is 174 Å². The van der Waals surface area contributed by atoms with Gasteiger partial charge in [0.15, 0.2) is 0 Å². The molecule has 1 heterocycles. The maximum absolute atomic E-state index is 11.8. The lowest BCUT2D eigenvalue weighted by atomic mass is 9.96. The Hall–Kier alpha value is -1.72. The van der Waals surface area contributed by atoms with Crippen molar-refractivity contribution in [2.45, 2.75) is 58.4 Å². The second kappa shape index (κ2) is 10.7. The number of carbonyl (C=O) groups excluding carboxylic acids is 1. The molecule has 3 rings (SSSR count). The highest BCUT2D eigenvalue weighted by molar-refractivity contribution is 5.92. The van der Waals surface area contributed by atoms with Gasteiger partial charge in [-0.25, -0.2) is 4.79 Å². The topological polar surface area (TPSA) is 46.5 Å². The molecule has 1 aromatic carbocycles. The molecule has 0 radical (unpaired) electrons. The number of aryl methyl sites for hydroxylation is 2. The van der Waals surface area contributed by atoms with Crippen molar-refractivity contribution in [3.05, 3.63) is 29.5 Å². The number of hydrogen-bond acceptors (Lipinski definition) is 3. The molecule has 0 saturated heterocycles. The van der Waals surface area contributed by atoms with E-state index in [9.17, 15) is 4.79 Å². The molecule has 0 fully saturated rings. The van der Waals surface area contributed by atoms with Crippen molar-refractivity contribution in [2.24, 2.45) is 0 Å². The molecular weight excluding hydrogens is 374 g/mol. The fraction of sp³-hybridized carbons (Fsp3) is 0.591. The number of anilines is 1. The Morgan fingerprint density at radius 3 is 2.64 bits per heavy atom. The maximum Gasteiger partial charge on any atom is 0.411 e. The van der Waals surface area contributed by atoms with Gasteiger partial charge < -0.3 is 14.2 Å². The van der Waals surface area contributed by atoms with Crippen LogP contribution in [0.15, 0.2) is 18.2 Å². The first-order chi connectivity index (χ1) is 13.1. The van der Waals surface area contributed by atoms with E-state index in [2.05, 4.69) is 41.0 Å². The third-order valence-electron chi connectivity index (χ3n) is 5.39. The van der Waals surface area contributed by atoms with Gasteiger partial charge in [-0.15, -0.1) is 12.4 Å². The van der Waals surface area contributed by atoms with Crippen LogP contribution >= 0.6 is 12.4 Å². The maximum atomic E-state index is 11.8. The van der Waals surface area contributed by atoms with Crippen LogP contribution < -0.4 is 5.32 Å². The van der Waals surface area contributed by atoms with Crippen molar-refractivity contribution >= 4 is 35.1 Å². The monoisotopic (exact) mass is 407 g/mol. The van der Waals surface area contributed by atoms with Gasteiger partial charge >= 0.3 is 6.09 Å². The Bertz CT molecular complexity index is 786. The van der Waals surface area contributed by atoms with Crippen molar-refractivity contribution in [2.75, 3.05) is 32.6 Å². The van der Waals surface area contributed by atoms with Crippen LogP contribution in [0.3, 0.4) is 0 Å². The molecule has 2 aromatic rings. The Kier molecular flexibility index (Phi) is 8.64. The number of ether oxygens (including phenoxy) is 1. The van der Waals surface area contributed by atoms with Crippen molar-refractivity contribution in [1.82, 2.24) is 9.47 Å². The lowest BCUT2D eigenvalue weighted by Crippen LogP contribution is -2.16. The summed E-state index contributed by atoms with van der Waals surface area (Å²) < 4.78 is 7.56. The van der Waals surface area contributed by atoms with Crippen molar-refractivity contribution in [3.8, 4) is 0 Å². The molecule has 0 atom stereocenters. The molecule has 0 aliphatic heterocycles. The summed E-state index contributed by atoms with van der Waals surface area (Å²) in [5.74, 6) is 0. The number of amides is 1. The normalized spacial score (nSPS) is 14.1. The summed E-state index contributed by atoms with van der Waals surface area (Å²) in [7, 11) is 4.26. The number of aromatic nitrogens is 1. The number of nitrogens with one attached hydrogen (secondary N) is 1. The van der Waals surface area contributed by atoms with E-state index in [4.69, 9.17) is 4.74 Å². The van der Waals surface area contributed by atoms with Crippen LogP contribution in [-0.2, 0) is 24.1 Å². The SMILES string of the molecule is CCOC(=O)Nc1ccc2c(c1)c1c(n2CCCN(C)C)CCCCCC1.Cl. The second-order valence-electron chi connectivity index (χ2n) is 7.73. The van der Waals surface area contributed by atoms with Crippen molar-refractivity contribution in [3.63, 3.8) is 0 Å². The molecule has 156 valence electrons. The van der Waals surface area contributed by atoms with Gasteiger partial charge in [0.25, 0.3) is 0 Å². The molecule has 1 aliphatic rings. The molecular formula is C22H34ClN3O2. The zero-order valence-electron chi connectivity index (χ0n) is 17.4. The largest absolute Gasteiger partial charge is 0.450 e. The molecule has 0 unspecified atom stereocenters. The highest BCUT2D eigenvalue weighted by atomic mass is 35.5. The third kappa shape index (κ3) is 5.42. The molecule has 1 aromatic heterocycles. The molecule has 0 spiro atoms. The van der Waals surface area contributed by atoms with Crippen LogP contribution in [0, 0.1) is 0 Å². The van der Waals surface area contributed by atoms with E-state index >= 15 is 0 Å². The Balaban J connectivity index is 0.00000280. The standard InChI is InChI=1S/C22H33N3O2.ClH/c1-4-27-22(26)23-17-12-13-21-19(16-17)18-10-7-5-6-8-11-20(18)25(21)15-9-14-24(2)3;/h12-13,16H,4-11,14-15H2,1-3H3,(H,23,26);1H. The summed E-state index contributed by atoms with van der Waals surface area (Å²) in [5.41, 5.74) is 5.12. The summed E-state index contributed by atoms with van der Waals surface area (Å²) in [5, 5.41) is 4.16. The van der Waals surface area contributed by atoms with Gasteiger partial charge in [-0.3, -0.25) is 5.32 Å². The minimum Gasteiger partial charge on any atom is -0.450 e. The van der Waals surface area contributed by atoms with E-state index in [0.29, 0.717) is 6.61 Å². The number of benzene rings is 1. The van der Waals surface area contributed by atoms with Crippen LogP contribution in [0.5, 0.6) is 0 Å². The summed E-state index contributed by atoms with van der Waals surface area (Å²) in [4.78, 5) is 14.1. The van der Waals surface area contributed by atoms with Gasteiger partial charge in [-0.1, -0.05) is 12.8 Å². The van der Waals surface area contributed by atoms with E-state index < -0.39 is 0 Å². The van der Waals surface area contributed by atoms with Crippen LogP contribution in [-0.4, -0.2) is 42.8 Å². The molecule has 0 saturated carbocycles. The molecule has 6 heteroatoms. The molecule has 0 bridgehead atoms. The van der Waals surface area contributed by atoms with E-state index in [1.54, 1.807) is 0 Å². The minimum atomic E-state index is -0.384. The predicted molar refractivity (Wildman–Crippen MR) is 119 cm³/mol. The predicted octanol–water partition coefficient (Wildman–Crippen LogP) is 5.24. The lowest BCUT2D eigenvalue weighted by molar-refractivity contribution is 0.168. The number of carbonyl (C=O) groups is 1. The van der Waals surface area contributed by atoms with Crippen LogP contribution in [0.4, 0.5) is 10.5 Å². The first-order valence-electron chi connectivity index (χ1n) is 10.3. The van der Waals surface area contributed by atoms with Gasteiger partial charge in [0.2, 0.25) is 0 Å². The van der Waals surface area contributed by atoms with Gasteiger partial charge in [-0.2, -0.15) is 0 Å². The first-order valence-corrected chi connectivity index (χ1v) is 10.3. The third-order valence-corrected chi connectivity index (χ3v) is 5.39. The molecule has 28 heavy (non-hydrogen) atoms. The van der Waals surface area contributed by atoms with Gasteiger partial charge in [-0.05, 0) is 83.4 Å². The van der Waals surface area contributed by atoms with Gasteiger partial charge in [0.05, 0.1) is 6.61 Å². The van der Waals surface area contributed by atoms with E-state index in [0.717, 1.165) is 38.0 Å². The van der Waals surface area contributed by atoms with Crippen LogP contribution in [0.1, 0.15) is 50.3 Å². The average molecular weight is 408 g/mol. The number of fused-ring (bicyclic) bond motifs is 3. The second-order valence-corrected chi connectivity index (χ2v) is 7.73. The average Bonchev–Trinajstić information content (AvgIpc) is 2.86. The highest BCUT2D eigenvalue weighted by Crippen LogP contribution is 2.33. The molecule has 1 aliphatic carbocycles. The Morgan fingerprint density at radius 1 is 1.18 bits per heavy atom. The fourth-order valence-electron chi connectivity index (χ4n) is 4.15. The fourth-order valence-corrected chi connectivity index (χ4v) is 4.15. The number of halogens is 1. The number of nitrogens with zero attached hydrogens (tertiary/aromatic N) is 2. The zero-order chi connectivity index (χ0) is 19.2. The zero-order valence-corrected chi connectivity index (χ0v) is 18.2. The van der Waals surface area contributed by atoms with Crippen molar-refractivity contribution in [1.29, 1.82) is 0 Å².